The van der Waals surface area contributed by atoms with Gasteiger partial charge in [0.15, 0.2) is 0 Å². The third kappa shape index (κ3) is 4.56. The zero-order valence-corrected chi connectivity index (χ0v) is 13.4. The van der Waals surface area contributed by atoms with Crippen LogP contribution in [0.4, 0.5) is 5.82 Å². The molecule has 0 saturated carbocycles. The molecule has 1 N–H and O–H groups in total. The van der Waals surface area contributed by atoms with Crippen LogP contribution in [-0.4, -0.2) is 36.3 Å². The predicted octanol–water partition coefficient (Wildman–Crippen LogP) is 2.97. The van der Waals surface area contributed by atoms with Crippen molar-refractivity contribution in [1.82, 2.24) is 9.97 Å². The number of aryl methyl sites for hydroxylation is 1. The molecule has 21 heavy (non-hydrogen) atoms. The molecular formula is C16H27N3O2. The molecule has 1 atom stereocenters. The van der Waals surface area contributed by atoms with Gasteiger partial charge in [0.2, 0.25) is 5.88 Å². The topological polar surface area (TPSA) is 56.3 Å². The molecule has 0 spiro atoms. The Morgan fingerprint density at radius 2 is 2.14 bits per heavy atom. The number of hydrogen-bond acceptors (Lipinski definition) is 5. The zero-order valence-electron chi connectivity index (χ0n) is 13.4. The molecule has 5 nitrogen and oxygen atoms in total. The number of aromatic nitrogens is 2. The summed E-state index contributed by atoms with van der Waals surface area (Å²) in [5.74, 6) is 2.98. The monoisotopic (exact) mass is 293 g/mol. The Labute approximate surface area is 127 Å². The summed E-state index contributed by atoms with van der Waals surface area (Å²) >= 11 is 0. The van der Waals surface area contributed by atoms with Gasteiger partial charge in [0.05, 0.1) is 18.8 Å². The van der Waals surface area contributed by atoms with Gasteiger partial charge >= 0.3 is 0 Å². The number of rotatable bonds is 8. The zero-order chi connectivity index (χ0) is 15.1. The molecule has 1 saturated heterocycles. The highest BCUT2D eigenvalue weighted by Crippen LogP contribution is 2.24. The van der Waals surface area contributed by atoms with Crippen molar-refractivity contribution in [2.45, 2.75) is 46.5 Å². The molecule has 2 heterocycles. The van der Waals surface area contributed by atoms with E-state index in [2.05, 4.69) is 29.1 Å². The highest BCUT2D eigenvalue weighted by atomic mass is 16.5. The summed E-state index contributed by atoms with van der Waals surface area (Å²) in [6, 6.07) is 0. The van der Waals surface area contributed by atoms with Crippen LogP contribution in [0.2, 0.25) is 0 Å². The summed E-state index contributed by atoms with van der Waals surface area (Å²) in [7, 11) is 0. The van der Waals surface area contributed by atoms with E-state index >= 15 is 0 Å². The van der Waals surface area contributed by atoms with Crippen molar-refractivity contribution < 1.29 is 9.47 Å². The van der Waals surface area contributed by atoms with Gasteiger partial charge in [-0.1, -0.05) is 13.8 Å². The molecule has 1 fully saturated rings. The van der Waals surface area contributed by atoms with Crippen molar-refractivity contribution >= 4 is 5.82 Å². The van der Waals surface area contributed by atoms with Crippen LogP contribution in [0, 0.1) is 12.8 Å². The number of anilines is 1. The maximum atomic E-state index is 5.96. The number of nitrogens with one attached hydrogen (secondary N) is 1. The Bertz CT molecular complexity index is 445. The van der Waals surface area contributed by atoms with E-state index in [0.717, 1.165) is 68.5 Å². The van der Waals surface area contributed by atoms with Crippen molar-refractivity contribution in [3.05, 3.63) is 11.4 Å². The lowest BCUT2D eigenvalue weighted by atomic mass is 10.1. The van der Waals surface area contributed by atoms with Crippen LogP contribution in [0.3, 0.4) is 0 Å². The second kappa shape index (κ2) is 8.17. The summed E-state index contributed by atoms with van der Waals surface area (Å²) in [6.07, 6.45) is 4.06. The van der Waals surface area contributed by atoms with Gasteiger partial charge < -0.3 is 14.8 Å². The maximum Gasteiger partial charge on any atom is 0.221 e. The van der Waals surface area contributed by atoms with Crippen molar-refractivity contribution in [1.29, 1.82) is 0 Å². The lowest BCUT2D eigenvalue weighted by Crippen LogP contribution is -2.15. The molecule has 2 rings (SSSR count). The fourth-order valence-electron chi connectivity index (χ4n) is 2.34. The quantitative estimate of drug-likeness (QED) is 0.798. The first-order valence-corrected chi connectivity index (χ1v) is 8.06. The van der Waals surface area contributed by atoms with Gasteiger partial charge in [-0.25, -0.2) is 4.98 Å². The van der Waals surface area contributed by atoms with Gasteiger partial charge in [-0.3, -0.25) is 0 Å². The molecule has 1 aliphatic rings. The van der Waals surface area contributed by atoms with E-state index in [1.54, 1.807) is 0 Å². The average molecular weight is 293 g/mol. The molecule has 0 aromatic carbocycles. The lowest BCUT2D eigenvalue weighted by Gasteiger charge is -2.15. The predicted molar refractivity (Wildman–Crippen MR) is 84.0 cm³/mol. The molecule has 0 amide bonds. The first-order valence-electron chi connectivity index (χ1n) is 8.06. The number of ether oxygens (including phenoxy) is 2. The summed E-state index contributed by atoms with van der Waals surface area (Å²) in [5.41, 5.74) is 1.00. The molecule has 0 radical (unpaired) electrons. The Balaban J connectivity index is 2.10. The lowest BCUT2D eigenvalue weighted by molar-refractivity contribution is 0.165. The van der Waals surface area contributed by atoms with E-state index in [1.807, 2.05) is 6.92 Å². The second-order valence-electron chi connectivity index (χ2n) is 5.64. The van der Waals surface area contributed by atoms with E-state index in [1.165, 1.54) is 0 Å². The van der Waals surface area contributed by atoms with E-state index < -0.39 is 0 Å². The van der Waals surface area contributed by atoms with Crippen LogP contribution in [0.1, 0.15) is 44.5 Å². The molecule has 1 aliphatic heterocycles. The molecule has 1 aromatic rings. The van der Waals surface area contributed by atoms with E-state index in [4.69, 9.17) is 9.47 Å². The normalized spacial score (nSPS) is 18.0. The number of hydrogen-bond donors (Lipinski definition) is 1. The smallest absolute Gasteiger partial charge is 0.221 e. The Morgan fingerprint density at radius 1 is 1.29 bits per heavy atom. The largest absolute Gasteiger partial charge is 0.477 e. The van der Waals surface area contributed by atoms with Crippen LogP contribution in [0.25, 0.3) is 0 Å². The van der Waals surface area contributed by atoms with Crippen LogP contribution in [0.5, 0.6) is 5.88 Å². The van der Waals surface area contributed by atoms with Crippen molar-refractivity contribution in [3.63, 3.8) is 0 Å². The molecule has 118 valence electrons. The highest BCUT2D eigenvalue weighted by Gasteiger charge is 2.18. The van der Waals surface area contributed by atoms with Crippen molar-refractivity contribution in [2.75, 3.05) is 31.7 Å². The summed E-state index contributed by atoms with van der Waals surface area (Å²) in [5, 5.41) is 3.37. The molecule has 0 bridgehead atoms. The van der Waals surface area contributed by atoms with Gasteiger partial charge in [-0.2, -0.15) is 4.98 Å². The van der Waals surface area contributed by atoms with Crippen molar-refractivity contribution in [3.8, 4) is 5.88 Å². The van der Waals surface area contributed by atoms with Crippen LogP contribution in [0.15, 0.2) is 0 Å². The van der Waals surface area contributed by atoms with Crippen LogP contribution in [-0.2, 0) is 11.2 Å². The minimum Gasteiger partial charge on any atom is -0.477 e. The Kier molecular flexibility index (Phi) is 6.23. The van der Waals surface area contributed by atoms with Gasteiger partial charge in [0, 0.05) is 25.5 Å². The van der Waals surface area contributed by atoms with Gasteiger partial charge in [0.1, 0.15) is 11.6 Å². The molecule has 5 heteroatoms. The minimum atomic E-state index is 0.487. The fraction of sp³-hybridized carbons (Fsp3) is 0.750. The van der Waals surface area contributed by atoms with E-state index in [0.29, 0.717) is 12.5 Å². The second-order valence-corrected chi connectivity index (χ2v) is 5.64. The fourth-order valence-corrected chi connectivity index (χ4v) is 2.34. The van der Waals surface area contributed by atoms with E-state index in [9.17, 15) is 0 Å². The molecule has 0 aliphatic carbocycles. The third-order valence-electron chi connectivity index (χ3n) is 3.64. The average Bonchev–Trinajstić information content (AvgIpc) is 2.99. The van der Waals surface area contributed by atoms with Gasteiger partial charge in [-0.05, 0) is 26.2 Å². The molecule has 1 aromatic heterocycles. The van der Waals surface area contributed by atoms with Gasteiger partial charge in [0.25, 0.3) is 0 Å². The number of nitrogens with zero attached hydrogens (tertiary/aromatic N) is 2. The Morgan fingerprint density at radius 3 is 2.81 bits per heavy atom. The van der Waals surface area contributed by atoms with Gasteiger partial charge in [-0.15, -0.1) is 0 Å². The molecule has 1 unspecified atom stereocenters. The summed E-state index contributed by atoms with van der Waals surface area (Å²) < 4.78 is 11.3. The molecular weight excluding hydrogens is 266 g/mol. The van der Waals surface area contributed by atoms with E-state index in [-0.39, 0.29) is 0 Å². The first kappa shape index (κ1) is 16.0. The third-order valence-corrected chi connectivity index (χ3v) is 3.64. The first-order chi connectivity index (χ1) is 10.2. The minimum absolute atomic E-state index is 0.487. The standard InChI is InChI=1S/C16H27N3O2/c1-4-6-14-18-15(17-8-5-2)12(3)16(19-14)21-11-13-7-9-20-10-13/h13H,4-11H2,1-3H3,(H,17,18,19). The van der Waals surface area contributed by atoms with Crippen LogP contribution < -0.4 is 10.1 Å². The van der Waals surface area contributed by atoms with Crippen molar-refractivity contribution in [2.24, 2.45) is 5.92 Å². The van der Waals surface area contributed by atoms with Crippen LogP contribution >= 0.6 is 0 Å². The SMILES string of the molecule is CCCNc1nc(CCC)nc(OCC2CCOC2)c1C. The summed E-state index contributed by atoms with van der Waals surface area (Å²) in [6.45, 7) is 9.55. The Hall–Kier alpha value is -1.36. The summed E-state index contributed by atoms with van der Waals surface area (Å²) in [4.78, 5) is 9.19. The highest BCUT2D eigenvalue weighted by molar-refractivity contribution is 5.48. The maximum absolute atomic E-state index is 5.96.